The van der Waals surface area contributed by atoms with Crippen molar-refractivity contribution < 1.29 is 0 Å². The highest BCUT2D eigenvalue weighted by Gasteiger charge is 2.19. The van der Waals surface area contributed by atoms with Gasteiger partial charge in [0, 0.05) is 4.47 Å². The molecule has 1 aromatic rings. The maximum absolute atomic E-state index is 3.59. The molecule has 1 fully saturated rings. The maximum atomic E-state index is 3.59. The molecule has 0 saturated heterocycles. The Morgan fingerprint density at radius 1 is 1.07 bits per heavy atom. The zero-order valence-corrected chi connectivity index (χ0v) is 10.5. The first-order chi connectivity index (χ1) is 6.68. The van der Waals surface area contributed by atoms with Gasteiger partial charge in [-0.05, 0) is 55.4 Å². The van der Waals surface area contributed by atoms with Crippen LogP contribution in [-0.4, -0.2) is 0 Å². The van der Waals surface area contributed by atoms with Gasteiger partial charge in [0.15, 0.2) is 0 Å². The molecule has 0 spiro atoms. The standard InChI is InChI=1S/C13H17Br/c1-9-8-13(14)10(2)7-12(9)11-5-3-4-6-11/h7-8,11H,3-6H2,1-2H3. The lowest BCUT2D eigenvalue weighted by atomic mass is 9.92. The highest BCUT2D eigenvalue weighted by Crippen LogP contribution is 2.37. The number of benzene rings is 1. The molecule has 0 nitrogen and oxygen atoms in total. The predicted octanol–water partition coefficient (Wildman–Crippen LogP) is 4.72. The zero-order chi connectivity index (χ0) is 10.1. The van der Waals surface area contributed by atoms with Crippen LogP contribution in [0.1, 0.15) is 48.3 Å². The number of halogens is 1. The van der Waals surface area contributed by atoms with Gasteiger partial charge in [0.1, 0.15) is 0 Å². The second-order valence-corrected chi connectivity index (χ2v) is 5.29. The SMILES string of the molecule is Cc1cc(C2CCCC2)c(C)cc1Br. The van der Waals surface area contributed by atoms with Crippen LogP contribution in [-0.2, 0) is 0 Å². The molecular weight excluding hydrogens is 236 g/mol. The lowest BCUT2D eigenvalue weighted by Gasteiger charge is -2.14. The number of aryl methyl sites for hydroxylation is 2. The molecule has 2 rings (SSSR count). The van der Waals surface area contributed by atoms with Crippen molar-refractivity contribution in [1.29, 1.82) is 0 Å². The van der Waals surface area contributed by atoms with Gasteiger partial charge in [-0.25, -0.2) is 0 Å². The molecule has 14 heavy (non-hydrogen) atoms. The Morgan fingerprint density at radius 2 is 1.71 bits per heavy atom. The first-order valence-electron chi connectivity index (χ1n) is 5.45. The molecule has 0 atom stereocenters. The van der Waals surface area contributed by atoms with Gasteiger partial charge in [0.2, 0.25) is 0 Å². The van der Waals surface area contributed by atoms with E-state index >= 15 is 0 Å². The van der Waals surface area contributed by atoms with Gasteiger partial charge in [-0.3, -0.25) is 0 Å². The van der Waals surface area contributed by atoms with Gasteiger partial charge < -0.3 is 0 Å². The fourth-order valence-corrected chi connectivity index (χ4v) is 2.94. The first kappa shape index (κ1) is 10.2. The Kier molecular flexibility index (Phi) is 2.96. The van der Waals surface area contributed by atoms with E-state index in [4.69, 9.17) is 0 Å². The average molecular weight is 253 g/mol. The van der Waals surface area contributed by atoms with Crippen LogP contribution in [0.3, 0.4) is 0 Å². The van der Waals surface area contributed by atoms with Crippen molar-refractivity contribution >= 4 is 15.9 Å². The molecule has 1 heteroatoms. The van der Waals surface area contributed by atoms with Crippen LogP contribution in [0.5, 0.6) is 0 Å². The largest absolute Gasteiger partial charge is 0.0544 e. The second-order valence-electron chi connectivity index (χ2n) is 4.44. The van der Waals surface area contributed by atoms with Crippen LogP contribution < -0.4 is 0 Å². The summed E-state index contributed by atoms with van der Waals surface area (Å²) in [5.74, 6) is 0.835. The van der Waals surface area contributed by atoms with E-state index in [0.29, 0.717) is 0 Å². The molecule has 0 unspecified atom stereocenters. The smallest absolute Gasteiger partial charge is 0.0207 e. The van der Waals surface area contributed by atoms with Crippen molar-refractivity contribution in [3.63, 3.8) is 0 Å². The molecule has 0 aliphatic heterocycles. The minimum absolute atomic E-state index is 0.835. The normalized spacial score (nSPS) is 17.6. The summed E-state index contributed by atoms with van der Waals surface area (Å²) in [6.45, 7) is 4.42. The topological polar surface area (TPSA) is 0 Å². The molecule has 1 aliphatic carbocycles. The van der Waals surface area contributed by atoms with Crippen molar-refractivity contribution in [2.24, 2.45) is 0 Å². The number of hydrogen-bond acceptors (Lipinski definition) is 0. The molecule has 1 aromatic carbocycles. The van der Waals surface area contributed by atoms with Crippen LogP contribution >= 0.6 is 15.9 Å². The molecule has 0 bridgehead atoms. The number of hydrogen-bond donors (Lipinski definition) is 0. The Bertz CT molecular complexity index is 335. The highest BCUT2D eigenvalue weighted by molar-refractivity contribution is 9.10. The molecule has 0 aromatic heterocycles. The van der Waals surface area contributed by atoms with E-state index in [1.165, 1.54) is 41.3 Å². The summed E-state index contributed by atoms with van der Waals surface area (Å²) in [4.78, 5) is 0. The Hall–Kier alpha value is -0.300. The molecule has 0 heterocycles. The van der Waals surface area contributed by atoms with E-state index in [2.05, 4.69) is 41.9 Å². The molecule has 1 aliphatic rings. The van der Waals surface area contributed by atoms with Crippen molar-refractivity contribution in [2.75, 3.05) is 0 Å². The van der Waals surface area contributed by atoms with E-state index in [0.717, 1.165) is 5.92 Å². The van der Waals surface area contributed by atoms with Gasteiger partial charge in [-0.15, -0.1) is 0 Å². The molecular formula is C13H17Br. The monoisotopic (exact) mass is 252 g/mol. The lowest BCUT2D eigenvalue weighted by Crippen LogP contribution is -1.97. The molecule has 76 valence electrons. The molecule has 0 N–H and O–H groups in total. The fraction of sp³-hybridized carbons (Fsp3) is 0.538. The van der Waals surface area contributed by atoms with Crippen molar-refractivity contribution in [3.05, 3.63) is 33.3 Å². The third-order valence-electron chi connectivity index (χ3n) is 3.34. The minimum atomic E-state index is 0.835. The highest BCUT2D eigenvalue weighted by atomic mass is 79.9. The van der Waals surface area contributed by atoms with Crippen LogP contribution in [0, 0.1) is 13.8 Å². The Morgan fingerprint density at radius 3 is 2.36 bits per heavy atom. The summed E-state index contributed by atoms with van der Waals surface area (Å²) in [6, 6.07) is 4.64. The van der Waals surface area contributed by atoms with E-state index < -0.39 is 0 Å². The summed E-state index contributed by atoms with van der Waals surface area (Å²) in [5, 5.41) is 0. The van der Waals surface area contributed by atoms with E-state index in [9.17, 15) is 0 Å². The van der Waals surface area contributed by atoms with Gasteiger partial charge in [-0.1, -0.05) is 34.8 Å². The van der Waals surface area contributed by atoms with Crippen LogP contribution in [0.4, 0.5) is 0 Å². The first-order valence-corrected chi connectivity index (χ1v) is 6.24. The Labute approximate surface area is 94.8 Å². The fourth-order valence-electron chi connectivity index (χ4n) is 2.48. The van der Waals surface area contributed by atoms with E-state index in [-0.39, 0.29) is 0 Å². The van der Waals surface area contributed by atoms with Gasteiger partial charge >= 0.3 is 0 Å². The summed E-state index contributed by atoms with van der Waals surface area (Å²) in [7, 11) is 0. The summed E-state index contributed by atoms with van der Waals surface area (Å²) in [6.07, 6.45) is 5.61. The van der Waals surface area contributed by atoms with Gasteiger partial charge in [0.05, 0.1) is 0 Å². The van der Waals surface area contributed by atoms with Crippen molar-refractivity contribution in [1.82, 2.24) is 0 Å². The molecule has 0 amide bonds. The molecule has 0 radical (unpaired) electrons. The van der Waals surface area contributed by atoms with Gasteiger partial charge in [-0.2, -0.15) is 0 Å². The van der Waals surface area contributed by atoms with E-state index in [1.807, 2.05) is 0 Å². The van der Waals surface area contributed by atoms with Crippen molar-refractivity contribution in [3.8, 4) is 0 Å². The second kappa shape index (κ2) is 4.06. The Balaban J connectivity index is 2.37. The number of rotatable bonds is 1. The zero-order valence-electron chi connectivity index (χ0n) is 8.94. The average Bonchev–Trinajstić information content (AvgIpc) is 2.64. The predicted molar refractivity (Wildman–Crippen MR) is 64.8 cm³/mol. The lowest BCUT2D eigenvalue weighted by molar-refractivity contribution is 0.717. The third-order valence-corrected chi connectivity index (χ3v) is 4.20. The van der Waals surface area contributed by atoms with Gasteiger partial charge in [0.25, 0.3) is 0 Å². The van der Waals surface area contributed by atoms with Crippen LogP contribution in [0.15, 0.2) is 16.6 Å². The summed E-state index contributed by atoms with van der Waals surface area (Å²) < 4.78 is 1.25. The maximum Gasteiger partial charge on any atom is 0.0207 e. The third kappa shape index (κ3) is 1.88. The molecule has 1 saturated carbocycles. The van der Waals surface area contributed by atoms with E-state index in [1.54, 1.807) is 5.56 Å². The summed E-state index contributed by atoms with van der Waals surface area (Å²) >= 11 is 3.59. The van der Waals surface area contributed by atoms with Crippen LogP contribution in [0.25, 0.3) is 0 Å². The summed E-state index contributed by atoms with van der Waals surface area (Å²) in [5.41, 5.74) is 4.41. The van der Waals surface area contributed by atoms with Crippen molar-refractivity contribution in [2.45, 2.75) is 45.4 Å². The minimum Gasteiger partial charge on any atom is -0.0544 e. The van der Waals surface area contributed by atoms with Crippen LogP contribution in [0.2, 0.25) is 0 Å². The quantitative estimate of drug-likeness (QED) is 0.679.